The Kier molecular flexibility index (Phi) is 5.52. The second-order valence-corrected chi connectivity index (χ2v) is 6.86. The van der Waals surface area contributed by atoms with Crippen molar-refractivity contribution in [1.29, 1.82) is 0 Å². The van der Waals surface area contributed by atoms with Gasteiger partial charge in [-0.15, -0.1) is 15.3 Å². The number of halogens is 3. The third-order valence-electron chi connectivity index (χ3n) is 4.89. The molecule has 0 bridgehead atoms. The van der Waals surface area contributed by atoms with Crippen LogP contribution in [0.1, 0.15) is 38.4 Å². The molecule has 7 nitrogen and oxygen atoms in total. The molecule has 0 unspecified atom stereocenters. The van der Waals surface area contributed by atoms with Crippen LogP contribution in [-0.4, -0.2) is 57.3 Å². The first kappa shape index (κ1) is 19.4. The number of nitrogens with zero attached hydrogens (tertiary/aromatic N) is 6. The summed E-state index contributed by atoms with van der Waals surface area (Å²) in [5.41, 5.74) is 0.0497. The Hall–Kier alpha value is -2.39. The van der Waals surface area contributed by atoms with E-state index >= 15 is 0 Å². The molecule has 0 radical (unpaired) electrons. The number of rotatable bonds is 5. The van der Waals surface area contributed by atoms with Crippen LogP contribution in [0.15, 0.2) is 12.1 Å². The third-order valence-corrected chi connectivity index (χ3v) is 4.89. The summed E-state index contributed by atoms with van der Waals surface area (Å²) in [4.78, 5) is 16.2. The molecule has 148 valence electrons. The Morgan fingerprint density at radius 1 is 1.26 bits per heavy atom. The molecule has 2 aromatic rings. The van der Waals surface area contributed by atoms with Crippen molar-refractivity contribution < 1.29 is 18.0 Å². The molecule has 0 aliphatic carbocycles. The van der Waals surface area contributed by atoms with E-state index in [-0.39, 0.29) is 17.5 Å². The average Bonchev–Trinajstić information content (AvgIpc) is 3.09. The largest absolute Gasteiger partial charge is 0.453 e. The highest BCUT2D eigenvalue weighted by Gasteiger charge is 2.38. The van der Waals surface area contributed by atoms with E-state index in [0.717, 1.165) is 23.9 Å². The van der Waals surface area contributed by atoms with Crippen molar-refractivity contribution in [2.24, 2.45) is 5.92 Å². The Bertz CT molecular complexity index is 798. The summed E-state index contributed by atoms with van der Waals surface area (Å²) in [7, 11) is 1.82. The molecule has 1 aliphatic rings. The lowest BCUT2D eigenvalue weighted by atomic mass is 9.95. The molecule has 1 fully saturated rings. The van der Waals surface area contributed by atoms with Gasteiger partial charge in [-0.3, -0.25) is 4.79 Å². The van der Waals surface area contributed by atoms with Gasteiger partial charge < -0.3 is 9.80 Å². The molecule has 1 aliphatic heterocycles. The highest BCUT2D eigenvalue weighted by Crippen LogP contribution is 2.29. The quantitative estimate of drug-likeness (QED) is 0.793. The molecule has 3 heterocycles. The fraction of sp³-hybridized carbons (Fsp3) is 0.647. The summed E-state index contributed by atoms with van der Waals surface area (Å²) in [5, 5.41) is 10.8. The topological polar surface area (TPSA) is 66.6 Å². The molecular formula is C17H23F3N6O. The minimum atomic E-state index is -4.62. The summed E-state index contributed by atoms with van der Waals surface area (Å²) >= 11 is 0. The van der Waals surface area contributed by atoms with Crippen LogP contribution in [-0.2, 0) is 11.0 Å². The van der Waals surface area contributed by atoms with E-state index in [9.17, 15) is 18.0 Å². The molecule has 10 heteroatoms. The number of hydrogen-bond donors (Lipinski definition) is 0. The summed E-state index contributed by atoms with van der Waals surface area (Å²) < 4.78 is 39.8. The van der Waals surface area contributed by atoms with E-state index < -0.39 is 12.0 Å². The monoisotopic (exact) mass is 384 g/mol. The van der Waals surface area contributed by atoms with Crippen LogP contribution < -0.4 is 4.90 Å². The minimum absolute atomic E-state index is 0.0486. The van der Waals surface area contributed by atoms with Gasteiger partial charge in [0.1, 0.15) is 5.82 Å². The van der Waals surface area contributed by atoms with Crippen LogP contribution >= 0.6 is 0 Å². The fourth-order valence-electron chi connectivity index (χ4n) is 3.30. The van der Waals surface area contributed by atoms with Gasteiger partial charge in [0, 0.05) is 32.6 Å². The van der Waals surface area contributed by atoms with Crippen molar-refractivity contribution in [3.05, 3.63) is 18.0 Å². The van der Waals surface area contributed by atoms with Gasteiger partial charge in [-0.05, 0) is 31.4 Å². The number of piperidine rings is 1. The second-order valence-electron chi connectivity index (χ2n) is 6.86. The van der Waals surface area contributed by atoms with Crippen LogP contribution in [0.25, 0.3) is 5.65 Å². The molecule has 0 atom stereocenters. The standard InChI is InChI=1S/C17H23F3N6O/c1-3-4-9-24(2)15(27)12-7-10-25(11-8-12)14-6-5-13-21-22-16(17(18,19)20)26(13)23-14/h5-6,12H,3-4,7-11H2,1-2H3. The van der Waals surface area contributed by atoms with E-state index in [2.05, 4.69) is 22.2 Å². The van der Waals surface area contributed by atoms with Crippen molar-refractivity contribution >= 4 is 17.4 Å². The number of anilines is 1. The van der Waals surface area contributed by atoms with Crippen LogP contribution in [0.3, 0.4) is 0 Å². The summed E-state index contributed by atoms with van der Waals surface area (Å²) in [6, 6.07) is 3.11. The number of hydrogen-bond acceptors (Lipinski definition) is 5. The third kappa shape index (κ3) is 4.14. The van der Waals surface area contributed by atoms with Crippen LogP contribution in [0.4, 0.5) is 19.0 Å². The van der Waals surface area contributed by atoms with Gasteiger partial charge in [0.15, 0.2) is 5.65 Å². The minimum Gasteiger partial charge on any atom is -0.355 e. The molecule has 1 saturated heterocycles. The molecule has 0 spiro atoms. The van der Waals surface area contributed by atoms with Crippen LogP contribution in [0.5, 0.6) is 0 Å². The summed E-state index contributed by atoms with van der Waals surface area (Å²) in [5.74, 6) is -0.614. The number of carbonyl (C=O) groups is 1. The highest BCUT2D eigenvalue weighted by molar-refractivity contribution is 5.78. The molecule has 0 N–H and O–H groups in total. The normalized spacial score (nSPS) is 16.1. The first-order valence-electron chi connectivity index (χ1n) is 9.11. The summed E-state index contributed by atoms with van der Waals surface area (Å²) in [6.45, 7) is 3.97. The van der Waals surface area contributed by atoms with Gasteiger partial charge in [-0.2, -0.15) is 17.7 Å². The maximum Gasteiger partial charge on any atom is 0.453 e. The van der Waals surface area contributed by atoms with E-state index in [4.69, 9.17) is 0 Å². The predicted molar refractivity (Wildman–Crippen MR) is 93.3 cm³/mol. The number of fused-ring (bicyclic) bond motifs is 1. The first-order valence-corrected chi connectivity index (χ1v) is 9.11. The van der Waals surface area contributed by atoms with Crippen LogP contribution in [0.2, 0.25) is 0 Å². The Labute approximate surface area is 155 Å². The maximum atomic E-state index is 13.0. The predicted octanol–water partition coefficient (Wildman–Crippen LogP) is 2.62. The molecule has 0 aromatic carbocycles. The lowest BCUT2D eigenvalue weighted by Crippen LogP contribution is -2.42. The van der Waals surface area contributed by atoms with Gasteiger partial charge in [-0.1, -0.05) is 13.3 Å². The van der Waals surface area contributed by atoms with E-state index in [1.54, 1.807) is 11.0 Å². The van der Waals surface area contributed by atoms with Crippen molar-refractivity contribution in [3.63, 3.8) is 0 Å². The van der Waals surface area contributed by atoms with Gasteiger partial charge in [-0.25, -0.2) is 0 Å². The highest BCUT2D eigenvalue weighted by atomic mass is 19.4. The second kappa shape index (κ2) is 7.69. The van der Waals surface area contributed by atoms with E-state index in [1.807, 2.05) is 11.9 Å². The van der Waals surface area contributed by atoms with Crippen molar-refractivity contribution in [2.75, 3.05) is 31.6 Å². The fourth-order valence-corrected chi connectivity index (χ4v) is 3.30. The number of unbranched alkanes of at least 4 members (excludes halogenated alkanes) is 1. The molecule has 27 heavy (non-hydrogen) atoms. The summed E-state index contributed by atoms with van der Waals surface area (Å²) in [6.07, 6.45) is -1.29. The zero-order valence-corrected chi connectivity index (χ0v) is 15.4. The van der Waals surface area contributed by atoms with Gasteiger partial charge in [0.2, 0.25) is 5.91 Å². The van der Waals surface area contributed by atoms with Crippen LogP contribution in [0, 0.1) is 5.92 Å². The lowest BCUT2D eigenvalue weighted by Gasteiger charge is -2.33. The zero-order chi connectivity index (χ0) is 19.6. The molecular weight excluding hydrogens is 361 g/mol. The van der Waals surface area contributed by atoms with Gasteiger partial charge in [0.25, 0.3) is 5.82 Å². The van der Waals surface area contributed by atoms with Gasteiger partial charge >= 0.3 is 6.18 Å². The molecule has 1 amide bonds. The number of aromatic nitrogens is 4. The Morgan fingerprint density at radius 3 is 2.59 bits per heavy atom. The molecule has 2 aromatic heterocycles. The zero-order valence-electron chi connectivity index (χ0n) is 15.4. The number of alkyl halides is 3. The first-order chi connectivity index (χ1) is 12.8. The Morgan fingerprint density at radius 2 is 1.96 bits per heavy atom. The van der Waals surface area contributed by atoms with Crippen molar-refractivity contribution in [3.8, 4) is 0 Å². The Balaban J connectivity index is 1.68. The maximum absolute atomic E-state index is 13.0. The number of amides is 1. The number of carbonyl (C=O) groups excluding carboxylic acids is 1. The smallest absolute Gasteiger partial charge is 0.355 e. The lowest BCUT2D eigenvalue weighted by molar-refractivity contribution is -0.146. The van der Waals surface area contributed by atoms with Gasteiger partial charge in [0.05, 0.1) is 0 Å². The molecule has 3 rings (SSSR count). The average molecular weight is 384 g/mol. The van der Waals surface area contributed by atoms with E-state index in [0.29, 0.717) is 31.7 Å². The van der Waals surface area contributed by atoms with E-state index in [1.165, 1.54) is 6.07 Å². The SMILES string of the molecule is CCCCN(C)C(=O)C1CCN(c2ccc3nnc(C(F)(F)F)n3n2)CC1. The van der Waals surface area contributed by atoms with Crippen molar-refractivity contribution in [1.82, 2.24) is 24.7 Å². The molecule has 0 saturated carbocycles. The van der Waals surface area contributed by atoms with Crippen molar-refractivity contribution in [2.45, 2.75) is 38.8 Å².